The van der Waals surface area contributed by atoms with E-state index >= 15 is 0 Å². The van der Waals surface area contributed by atoms with E-state index in [4.69, 9.17) is 0 Å². The van der Waals surface area contributed by atoms with Crippen LogP contribution in [-0.2, 0) is 6.54 Å². The van der Waals surface area contributed by atoms with Gasteiger partial charge in [-0.2, -0.15) is 0 Å². The van der Waals surface area contributed by atoms with Crippen LogP contribution >= 0.6 is 0 Å². The minimum atomic E-state index is 0. The van der Waals surface area contributed by atoms with E-state index in [0.29, 0.717) is 0 Å². The average Bonchev–Trinajstić information content (AvgIpc) is 3.11. The van der Waals surface area contributed by atoms with Crippen molar-refractivity contribution >= 4 is 0 Å². The predicted octanol–water partition coefficient (Wildman–Crippen LogP) is 2.38. The molecule has 0 saturated carbocycles. The first kappa shape index (κ1) is 23.4. The topological polar surface area (TPSA) is 10.4 Å². The van der Waals surface area contributed by atoms with Crippen molar-refractivity contribution in [1.82, 2.24) is 9.80 Å². The molecule has 0 aliphatic carbocycles. The summed E-state index contributed by atoms with van der Waals surface area (Å²) in [6.07, 6.45) is 4.66. The maximum absolute atomic E-state index is 2.52. The van der Waals surface area contributed by atoms with Crippen LogP contribution in [0.15, 0.2) is 116 Å². The van der Waals surface area contributed by atoms with Gasteiger partial charge in [-0.1, -0.05) is 91.0 Å². The molecule has 4 heteroatoms. The molecule has 2 atom stereocenters. The van der Waals surface area contributed by atoms with Gasteiger partial charge in [0.1, 0.15) is 0 Å². The third-order valence-electron chi connectivity index (χ3n) is 6.62. The highest BCUT2D eigenvalue weighted by Crippen LogP contribution is 2.50. The van der Waals surface area contributed by atoms with Gasteiger partial charge in [0.2, 0.25) is 0 Å². The highest BCUT2D eigenvalue weighted by molar-refractivity contribution is 5.31. The van der Waals surface area contributed by atoms with Gasteiger partial charge in [0, 0.05) is 17.2 Å². The van der Waals surface area contributed by atoms with Crippen LogP contribution < -0.4 is 21.5 Å². The van der Waals surface area contributed by atoms with Crippen LogP contribution in [0.2, 0.25) is 0 Å². The zero-order valence-corrected chi connectivity index (χ0v) is 20.7. The Bertz CT molecular complexity index is 1100. The van der Waals surface area contributed by atoms with E-state index in [-0.39, 0.29) is 35.2 Å². The van der Waals surface area contributed by atoms with E-state index in [2.05, 4.69) is 144 Å². The molecule has 0 unspecified atom stereocenters. The largest absolute Gasteiger partial charge is 1.00 e. The molecule has 1 saturated heterocycles. The molecular formula is C29H30BrN3. The zero-order chi connectivity index (χ0) is 21.9. The summed E-state index contributed by atoms with van der Waals surface area (Å²) in [6, 6.07) is 37.4. The molecular weight excluding hydrogens is 470 g/mol. The van der Waals surface area contributed by atoms with Gasteiger partial charge in [-0.3, -0.25) is 9.80 Å². The molecule has 0 amide bonds. The SMILES string of the molecule is CN1C(c2ccc[n+](Cc3ccccc3)c2)N(C)[C@@H](c2ccccc2)[C@@H]1c1ccccc1.[Br-]. The summed E-state index contributed by atoms with van der Waals surface area (Å²) in [5.41, 5.74) is 5.33. The molecule has 1 aliphatic rings. The average molecular weight is 500 g/mol. The lowest BCUT2D eigenvalue weighted by atomic mass is 9.93. The van der Waals surface area contributed by atoms with E-state index in [1.165, 1.54) is 22.3 Å². The van der Waals surface area contributed by atoms with Gasteiger partial charge in [0.05, 0.1) is 18.2 Å². The van der Waals surface area contributed by atoms with Crippen LogP contribution in [0.5, 0.6) is 0 Å². The Morgan fingerprint density at radius 1 is 0.606 bits per heavy atom. The lowest BCUT2D eigenvalue weighted by Crippen LogP contribution is -3.00. The van der Waals surface area contributed by atoms with Crippen LogP contribution in [0.4, 0.5) is 0 Å². The van der Waals surface area contributed by atoms with Gasteiger partial charge in [-0.25, -0.2) is 4.57 Å². The van der Waals surface area contributed by atoms with Crippen molar-refractivity contribution in [2.24, 2.45) is 0 Å². The quantitative estimate of drug-likeness (QED) is 0.390. The van der Waals surface area contributed by atoms with Crippen LogP contribution in [0, 0.1) is 0 Å². The number of rotatable bonds is 5. The van der Waals surface area contributed by atoms with Gasteiger partial charge in [-0.15, -0.1) is 0 Å². The maximum Gasteiger partial charge on any atom is 0.175 e. The second kappa shape index (κ2) is 10.4. The molecule has 2 heterocycles. The second-order valence-electron chi connectivity index (χ2n) is 8.71. The van der Waals surface area contributed by atoms with E-state index in [1.54, 1.807) is 0 Å². The van der Waals surface area contributed by atoms with Gasteiger partial charge in [-0.05, 0) is 31.3 Å². The van der Waals surface area contributed by atoms with Crippen molar-refractivity contribution in [3.8, 4) is 0 Å². The van der Waals surface area contributed by atoms with Crippen molar-refractivity contribution in [2.75, 3.05) is 14.1 Å². The second-order valence-corrected chi connectivity index (χ2v) is 8.71. The fourth-order valence-electron chi connectivity index (χ4n) is 5.23. The number of likely N-dealkylation sites (N-methyl/N-ethyl adjacent to an activating group) is 2. The normalized spacial score (nSPS) is 19.3. The van der Waals surface area contributed by atoms with E-state index < -0.39 is 0 Å². The molecule has 1 fully saturated rings. The summed E-state index contributed by atoms with van der Waals surface area (Å²) < 4.78 is 2.29. The third kappa shape index (κ3) is 4.79. The standard InChI is InChI=1S/C29H30N3.BrH/c1-30-27(24-15-8-4-9-16-24)28(25-17-10-5-11-18-25)31(2)29(30)26-19-12-20-32(22-26)21-23-13-6-3-7-14-23;/h3-20,22,27-29H,21H2,1-2H3;1H/q+1;/p-1/t27-,28-;/m0./s1. The summed E-state index contributed by atoms with van der Waals surface area (Å²) in [4.78, 5) is 5.05. The van der Waals surface area contributed by atoms with Crippen molar-refractivity contribution in [3.63, 3.8) is 0 Å². The van der Waals surface area contributed by atoms with Gasteiger partial charge >= 0.3 is 0 Å². The number of hydrogen-bond acceptors (Lipinski definition) is 2. The van der Waals surface area contributed by atoms with Crippen LogP contribution in [0.1, 0.15) is 40.5 Å². The monoisotopic (exact) mass is 499 g/mol. The molecule has 1 aromatic heterocycles. The number of aromatic nitrogens is 1. The minimum Gasteiger partial charge on any atom is -1.00 e. The zero-order valence-electron chi connectivity index (χ0n) is 19.1. The number of benzene rings is 3. The van der Waals surface area contributed by atoms with Crippen LogP contribution in [0.25, 0.3) is 0 Å². The molecule has 1 aliphatic heterocycles. The highest BCUT2D eigenvalue weighted by atomic mass is 79.9. The molecule has 33 heavy (non-hydrogen) atoms. The summed E-state index contributed by atoms with van der Waals surface area (Å²) in [7, 11) is 4.52. The summed E-state index contributed by atoms with van der Waals surface area (Å²) in [6.45, 7) is 0.874. The Kier molecular flexibility index (Phi) is 7.39. The lowest BCUT2D eigenvalue weighted by Gasteiger charge is -2.26. The molecule has 0 N–H and O–H groups in total. The molecule has 4 aromatic rings. The Hall–Kier alpha value is -2.79. The highest BCUT2D eigenvalue weighted by Gasteiger charge is 2.45. The van der Waals surface area contributed by atoms with Crippen molar-refractivity contribution in [2.45, 2.75) is 24.8 Å². The maximum atomic E-state index is 2.52. The van der Waals surface area contributed by atoms with Crippen molar-refractivity contribution in [1.29, 1.82) is 0 Å². The number of hydrogen-bond donors (Lipinski definition) is 0. The Balaban J connectivity index is 0.00000259. The first-order chi connectivity index (χ1) is 15.7. The van der Waals surface area contributed by atoms with E-state index in [9.17, 15) is 0 Å². The number of halogens is 1. The first-order valence-electron chi connectivity index (χ1n) is 11.3. The summed E-state index contributed by atoms with van der Waals surface area (Å²) in [5.74, 6) is 0. The predicted molar refractivity (Wildman–Crippen MR) is 129 cm³/mol. The number of nitrogens with zero attached hydrogens (tertiary/aromatic N) is 3. The molecule has 3 nitrogen and oxygen atoms in total. The fourth-order valence-corrected chi connectivity index (χ4v) is 5.23. The first-order valence-corrected chi connectivity index (χ1v) is 11.3. The third-order valence-corrected chi connectivity index (χ3v) is 6.62. The lowest BCUT2D eigenvalue weighted by molar-refractivity contribution is -0.688. The smallest absolute Gasteiger partial charge is 0.175 e. The van der Waals surface area contributed by atoms with Crippen LogP contribution in [-0.4, -0.2) is 23.9 Å². The fraction of sp³-hybridized carbons (Fsp3) is 0.207. The Morgan fingerprint density at radius 3 is 1.58 bits per heavy atom. The molecule has 0 bridgehead atoms. The van der Waals surface area contributed by atoms with Gasteiger partial charge < -0.3 is 17.0 Å². The Labute approximate surface area is 207 Å². The van der Waals surface area contributed by atoms with Gasteiger partial charge in [0.15, 0.2) is 18.9 Å². The summed E-state index contributed by atoms with van der Waals surface area (Å²) >= 11 is 0. The van der Waals surface area contributed by atoms with E-state index in [0.717, 1.165) is 6.54 Å². The molecule has 0 spiro atoms. The number of pyridine rings is 1. The molecule has 3 aromatic carbocycles. The van der Waals surface area contributed by atoms with Crippen molar-refractivity contribution in [3.05, 3.63) is 138 Å². The van der Waals surface area contributed by atoms with Crippen molar-refractivity contribution < 1.29 is 21.5 Å². The van der Waals surface area contributed by atoms with Crippen LogP contribution in [0.3, 0.4) is 0 Å². The molecule has 5 rings (SSSR count). The molecule has 168 valence electrons. The summed E-state index contributed by atoms with van der Waals surface area (Å²) in [5, 5.41) is 0. The minimum absolute atomic E-state index is 0. The molecule has 0 radical (unpaired) electrons. The van der Waals surface area contributed by atoms with E-state index in [1.807, 2.05) is 0 Å². The van der Waals surface area contributed by atoms with Gasteiger partial charge in [0.25, 0.3) is 0 Å². The Morgan fingerprint density at radius 2 is 1.06 bits per heavy atom.